The monoisotopic (exact) mass is 484 g/mol. The number of amides is 1. The lowest BCUT2D eigenvalue weighted by Crippen LogP contribution is -2.21. The summed E-state index contributed by atoms with van der Waals surface area (Å²) in [5.41, 5.74) is 2.60. The van der Waals surface area contributed by atoms with Crippen LogP contribution in [0.15, 0.2) is 71.6 Å². The summed E-state index contributed by atoms with van der Waals surface area (Å²) in [6, 6.07) is 17.8. The maximum atomic E-state index is 13.0. The lowest BCUT2D eigenvalue weighted by Gasteiger charge is -2.13. The summed E-state index contributed by atoms with van der Waals surface area (Å²) in [5.74, 6) is -0.335. The third-order valence-corrected chi connectivity index (χ3v) is 6.76. The van der Waals surface area contributed by atoms with Crippen molar-refractivity contribution < 1.29 is 18.0 Å². The molecule has 0 unspecified atom stereocenters. The second-order valence-corrected chi connectivity index (χ2v) is 10.0. The van der Waals surface area contributed by atoms with Crippen molar-refractivity contribution in [1.82, 2.24) is 4.90 Å². The molecule has 0 spiro atoms. The summed E-state index contributed by atoms with van der Waals surface area (Å²) < 4.78 is 28.5. The summed E-state index contributed by atoms with van der Waals surface area (Å²) in [6.07, 6.45) is 0.851. The average molecular weight is 485 g/mol. The molecule has 3 aromatic carbocycles. The van der Waals surface area contributed by atoms with Crippen LogP contribution in [0.3, 0.4) is 0 Å². The molecule has 1 N–H and O–H groups in total. The van der Waals surface area contributed by atoms with Gasteiger partial charge in [-0.05, 0) is 49.2 Å². The van der Waals surface area contributed by atoms with Crippen LogP contribution >= 0.6 is 11.6 Å². The molecule has 33 heavy (non-hydrogen) atoms. The fourth-order valence-corrected chi connectivity index (χ4v) is 4.42. The SMILES string of the molecule is Cc1ccc(C(=O)c2cc(Cl)ccc2NS(=O)(=O)c2ccc(CCC(=O)N(C)C)cc2)cc1. The molecule has 3 rings (SSSR count). The molecular formula is C25H25ClN2O4S. The molecule has 0 aliphatic heterocycles. The van der Waals surface area contributed by atoms with Gasteiger partial charge >= 0.3 is 0 Å². The van der Waals surface area contributed by atoms with Gasteiger partial charge in [-0.1, -0.05) is 53.6 Å². The van der Waals surface area contributed by atoms with Crippen LogP contribution in [0, 0.1) is 6.92 Å². The Morgan fingerprint density at radius 1 is 0.939 bits per heavy atom. The standard InChI is InChI=1S/C25H25ClN2O4S/c1-17-4-9-19(10-5-17)25(30)22-16-20(26)11-14-23(22)27-33(31,32)21-12-6-18(7-13-21)8-15-24(29)28(2)3/h4-7,9-14,16,27H,8,15H2,1-3H3. The molecule has 6 nitrogen and oxygen atoms in total. The number of anilines is 1. The van der Waals surface area contributed by atoms with E-state index in [9.17, 15) is 18.0 Å². The Morgan fingerprint density at radius 2 is 1.58 bits per heavy atom. The molecule has 0 radical (unpaired) electrons. The van der Waals surface area contributed by atoms with Gasteiger partial charge in [0.1, 0.15) is 0 Å². The highest BCUT2D eigenvalue weighted by molar-refractivity contribution is 7.92. The van der Waals surface area contributed by atoms with E-state index in [4.69, 9.17) is 11.6 Å². The lowest BCUT2D eigenvalue weighted by molar-refractivity contribution is -0.128. The van der Waals surface area contributed by atoms with E-state index in [2.05, 4.69) is 4.72 Å². The van der Waals surface area contributed by atoms with Crippen molar-refractivity contribution in [2.24, 2.45) is 0 Å². The minimum atomic E-state index is -3.95. The number of nitrogens with one attached hydrogen (secondary N) is 1. The number of benzene rings is 3. The molecular weight excluding hydrogens is 460 g/mol. The van der Waals surface area contributed by atoms with Gasteiger partial charge in [-0.15, -0.1) is 0 Å². The van der Waals surface area contributed by atoms with E-state index in [1.165, 1.54) is 35.2 Å². The molecule has 0 heterocycles. The first-order valence-electron chi connectivity index (χ1n) is 10.3. The van der Waals surface area contributed by atoms with Crippen molar-refractivity contribution >= 4 is 39.0 Å². The Labute approximate surface area is 199 Å². The summed E-state index contributed by atoms with van der Waals surface area (Å²) in [5, 5.41) is 0.324. The minimum Gasteiger partial charge on any atom is -0.349 e. The van der Waals surface area contributed by atoms with E-state index in [-0.39, 0.29) is 27.8 Å². The highest BCUT2D eigenvalue weighted by Gasteiger charge is 2.20. The molecule has 0 saturated heterocycles. The van der Waals surface area contributed by atoms with Crippen molar-refractivity contribution in [3.05, 3.63) is 94.0 Å². The fraction of sp³-hybridized carbons (Fsp3) is 0.200. The summed E-state index contributed by atoms with van der Waals surface area (Å²) in [6.45, 7) is 1.92. The number of carbonyl (C=O) groups is 2. The van der Waals surface area contributed by atoms with Gasteiger partial charge in [0, 0.05) is 36.7 Å². The highest BCUT2D eigenvalue weighted by Crippen LogP contribution is 2.26. The molecule has 0 saturated carbocycles. The van der Waals surface area contributed by atoms with Crippen molar-refractivity contribution in [2.45, 2.75) is 24.7 Å². The van der Waals surface area contributed by atoms with Gasteiger partial charge in [0.25, 0.3) is 10.0 Å². The predicted octanol–water partition coefficient (Wildman–Crippen LogP) is 4.70. The molecule has 0 bridgehead atoms. The number of rotatable bonds is 8. The fourth-order valence-electron chi connectivity index (χ4n) is 3.17. The van der Waals surface area contributed by atoms with Crippen molar-refractivity contribution in [3.63, 3.8) is 0 Å². The second-order valence-electron chi connectivity index (χ2n) is 7.92. The van der Waals surface area contributed by atoms with Gasteiger partial charge in [0.05, 0.1) is 10.6 Å². The van der Waals surface area contributed by atoms with Crippen molar-refractivity contribution in [2.75, 3.05) is 18.8 Å². The largest absolute Gasteiger partial charge is 0.349 e. The molecule has 1 amide bonds. The van der Waals surface area contributed by atoms with Crippen LogP contribution in [-0.2, 0) is 21.2 Å². The molecule has 0 fully saturated rings. The van der Waals surface area contributed by atoms with E-state index in [0.29, 0.717) is 23.4 Å². The molecule has 172 valence electrons. The first-order valence-corrected chi connectivity index (χ1v) is 12.2. The number of hydrogen-bond donors (Lipinski definition) is 1. The molecule has 0 atom stereocenters. The van der Waals surface area contributed by atoms with E-state index >= 15 is 0 Å². The molecule has 8 heteroatoms. The number of carbonyl (C=O) groups excluding carboxylic acids is 2. The minimum absolute atomic E-state index is 0.00174. The topological polar surface area (TPSA) is 83.5 Å². The maximum absolute atomic E-state index is 13.0. The molecule has 0 aromatic heterocycles. The lowest BCUT2D eigenvalue weighted by atomic mass is 10.0. The Kier molecular flexibility index (Phi) is 7.56. The van der Waals surface area contributed by atoms with Crippen LogP contribution in [0.2, 0.25) is 5.02 Å². The molecule has 0 aliphatic rings. The second kappa shape index (κ2) is 10.2. The van der Waals surface area contributed by atoms with Crippen LogP contribution in [0.1, 0.15) is 33.5 Å². The zero-order valence-electron chi connectivity index (χ0n) is 18.6. The first kappa shape index (κ1) is 24.5. The van der Waals surface area contributed by atoms with Crippen molar-refractivity contribution in [3.8, 4) is 0 Å². The number of hydrogen-bond acceptors (Lipinski definition) is 4. The zero-order chi connectivity index (χ0) is 24.2. The highest BCUT2D eigenvalue weighted by atomic mass is 35.5. The quantitative estimate of drug-likeness (QED) is 0.470. The van der Waals surface area contributed by atoms with E-state index in [1.54, 1.807) is 38.4 Å². The van der Waals surface area contributed by atoms with Gasteiger partial charge in [0.2, 0.25) is 5.91 Å². The Bertz CT molecular complexity index is 1270. The van der Waals surface area contributed by atoms with Gasteiger partial charge in [0.15, 0.2) is 5.78 Å². The van der Waals surface area contributed by atoms with Gasteiger partial charge in [-0.3, -0.25) is 14.3 Å². The van der Waals surface area contributed by atoms with Crippen LogP contribution < -0.4 is 4.72 Å². The van der Waals surface area contributed by atoms with E-state index in [1.807, 2.05) is 19.1 Å². The summed E-state index contributed by atoms with van der Waals surface area (Å²) in [7, 11) is -0.568. The van der Waals surface area contributed by atoms with E-state index in [0.717, 1.165) is 11.1 Å². The number of ketones is 1. The molecule has 0 aliphatic carbocycles. The molecule has 3 aromatic rings. The average Bonchev–Trinajstić information content (AvgIpc) is 2.78. The normalized spacial score (nSPS) is 11.2. The Hall–Kier alpha value is -3.16. The summed E-state index contributed by atoms with van der Waals surface area (Å²) >= 11 is 6.09. The third kappa shape index (κ3) is 6.21. The van der Waals surface area contributed by atoms with Crippen LogP contribution in [0.4, 0.5) is 5.69 Å². The van der Waals surface area contributed by atoms with Gasteiger partial charge < -0.3 is 4.90 Å². The number of aryl methyl sites for hydroxylation is 2. The number of sulfonamides is 1. The van der Waals surface area contributed by atoms with Gasteiger partial charge in [-0.2, -0.15) is 0 Å². The zero-order valence-corrected chi connectivity index (χ0v) is 20.2. The number of halogens is 1. The van der Waals surface area contributed by atoms with E-state index < -0.39 is 10.0 Å². The predicted molar refractivity (Wildman–Crippen MR) is 130 cm³/mol. The summed E-state index contributed by atoms with van der Waals surface area (Å²) in [4.78, 5) is 26.4. The Balaban J connectivity index is 1.83. The van der Waals surface area contributed by atoms with Crippen molar-refractivity contribution in [1.29, 1.82) is 0 Å². The van der Waals surface area contributed by atoms with Gasteiger partial charge in [-0.25, -0.2) is 8.42 Å². The third-order valence-electron chi connectivity index (χ3n) is 5.14. The van der Waals surface area contributed by atoms with Crippen LogP contribution in [0.25, 0.3) is 0 Å². The first-order chi connectivity index (χ1) is 15.6. The number of nitrogens with zero attached hydrogens (tertiary/aromatic N) is 1. The smallest absolute Gasteiger partial charge is 0.261 e. The van der Waals surface area contributed by atoms with Crippen LogP contribution in [-0.4, -0.2) is 39.1 Å². The maximum Gasteiger partial charge on any atom is 0.261 e. The Morgan fingerprint density at radius 3 is 2.18 bits per heavy atom. The van der Waals surface area contributed by atoms with Crippen LogP contribution in [0.5, 0.6) is 0 Å².